The summed E-state index contributed by atoms with van der Waals surface area (Å²) in [5.41, 5.74) is 1.35. The summed E-state index contributed by atoms with van der Waals surface area (Å²) in [5.74, 6) is -0.769. The summed E-state index contributed by atoms with van der Waals surface area (Å²) in [4.78, 5) is 13.6. The van der Waals surface area contributed by atoms with Crippen LogP contribution in [0.5, 0.6) is 0 Å². The Morgan fingerprint density at radius 1 is 1.56 bits per heavy atom. The zero-order chi connectivity index (χ0) is 13.5. The van der Waals surface area contributed by atoms with Crippen LogP contribution in [0.1, 0.15) is 26.3 Å². The van der Waals surface area contributed by atoms with E-state index in [1.54, 1.807) is 13.8 Å². The van der Waals surface area contributed by atoms with Crippen molar-refractivity contribution in [2.75, 3.05) is 11.4 Å². The molecule has 0 aromatic heterocycles. The molecule has 0 aliphatic carbocycles. The average molecular weight is 268 g/mol. The lowest BCUT2D eigenvalue weighted by atomic mass is 9.82. The Hall–Kier alpha value is -1.22. The Kier molecular flexibility index (Phi) is 3.28. The number of hydrogen-bond donors (Lipinski definition) is 1. The van der Waals surface area contributed by atoms with E-state index in [1.807, 2.05) is 25.1 Å². The van der Waals surface area contributed by atoms with Crippen molar-refractivity contribution < 1.29 is 9.90 Å². The maximum absolute atomic E-state index is 11.4. The fourth-order valence-corrected chi connectivity index (χ4v) is 2.91. The van der Waals surface area contributed by atoms with Crippen LogP contribution >= 0.6 is 11.6 Å². The third kappa shape index (κ3) is 1.87. The Morgan fingerprint density at radius 3 is 2.78 bits per heavy atom. The highest BCUT2D eigenvalue weighted by Crippen LogP contribution is 2.42. The lowest BCUT2D eigenvalue weighted by Crippen LogP contribution is -2.47. The number of carboxylic acids is 1. The second-order valence-corrected chi connectivity index (χ2v) is 5.68. The number of anilines is 1. The fraction of sp³-hybridized carbons (Fsp3) is 0.500. The first-order chi connectivity index (χ1) is 8.39. The van der Waals surface area contributed by atoms with Crippen LogP contribution in [0.3, 0.4) is 0 Å². The van der Waals surface area contributed by atoms with E-state index in [-0.39, 0.29) is 6.04 Å². The van der Waals surface area contributed by atoms with Crippen molar-refractivity contribution in [2.45, 2.75) is 33.2 Å². The molecule has 98 valence electrons. The van der Waals surface area contributed by atoms with Crippen molar-refractivity contribution in [2.24, 2.45) is 5.41 Å². The standard InChI is InChI=1S/C14H18ClNO2/c1-4-16-11-7-5-6-10(15)9(11)8-12(16)14(2,3)13(17)18/h5-7,12H,4,8H2,1-3H3,(H,17,18). The summed E-state index contributed by atoms with van der Waals surface area (Å²) in [6, 6.07) is 5.75. The topological polar surface area (TPSA) is 40.5 Å². The minimum Gasteiger partial charge on any atom is -0.481 e. The van der Waals surface area contributed by atoms with Crippen molar-refractivity contribution >= 4 is 23.3 Å². The first-order valence-electron chi connectivity index (χ1n) is 6.17. The van der Waals surface area contributed by atoms with Crippen LogP contribution in [0.15, 0.2) is 18.2 Å². The van der Waals surface area contributed by atoms with E-state index in [9.17, 15) is 9.90 Å². The van der Waals surface area contributed by atoms with E-state index in [0.29, 0.717) is 6.42 Å². The Morgan fingerprint density at radius 2 is 2.22 bits per heavy atom. The molecule has 1 N–H and O–H groups in total. The number of carboxylic acid groups (broad SMARTS) is 1. The molecule has 0 radical (unpaired) electrons. The van der Waals surface area contributed by atoms with Gasteiger partial charge in [-0.25, -0.2) is 0 Å². The number of aliphatic carboxylic acids is 1. The number of likely N-dealkylation sites (N-methyl/N-ethyl adjacent to an activating group) is 1. The van der Waals surface area contributed by atoms with Gasteiger partial charge in [-0.3, -0.25) is 4.79 Å². The van der Waals surface area contributed by atoms with Gasteiger partial charge in [0.1, 0.15) is 0 Å². The van der Waals surface area contributed by atoms with E-state index < -0.39 is 11.4 Å². The normalized spacial score (nSPS) is 18.9. The number of rotatable bonds is 3. The van der Waals surface area contributed by atoms with E-state index in [0.717, 1.165) is 22.8 Å². The van der Waals surface area contributed by atoms with Gasteiger partial charge in [-0.2, -0.15) is 0 Å². The van der Waals surface area contributed by atoms with Crippen LogP contribution < -0.4 is 4.90 Å². The highest BCUT2D eigenvalue weighted by Gasteiger charge is 2.44. The summed E-state index contributed by atoms with van der Waals surface area (Å²) in [5, 5.41) is 10.1. The minimum atomic E-state index is -0.793. The SMILES string of the molecule is CCN1c2cccc(Cl)c2CC1C(C)(C)C(=O)O. The third-order valence-corrected chi connectivity index (χ3v) is 4.26. The summed E-state index contributed by atoms with van der Waals surface area (Å²) in [7, 11) is 0. The van der Waals surface area contributed by atoms with E-state index >= 15 is 0 Å². The monoisotopic (exact) mass is 267 g/mol. The highest BCUT2D eigenvalue weighted by atomic mass is 35.5. The smallest absolute Gasteiger partial charge is 0.311 e. The van der Waals surface area contributed by atoms with Gasteiger partial charge in [0.15, 0.2) is 0 Å². The largest absolute Gasteiger partial charge is 0.481 e. The predicted molar refractivity (Wildman–Crippen MR) is 73.4 cm³/mol. The maximum Gasteiger partial charge on any atom is 0.311 e. The molecule has 4 heteroatoms. The highest BCUT2D eigenvalue weighted by molar-refractivity contribution is 6.31. The molecule has 0 bridgehead atoms. The van der Waals surface area contributed by atoms with Gasteiger partial charge in [-0.1, -0.05) is 17.7 Å². The minimum absolute atomic E-state index is 0.0464. The Bertz CT molecular complexity index is 485. The molecule has 1 aromatic carbocycles. The van der Waals surface area contributed by atoms with E-state index in [2.05, 4.69) is 4.90 Å². The van der Waals surface area contributed by atoms with Gasteiger partial charge in [0.25, 0.3) is 0 Å². The molecule has 0 amide bonds. The van der Waals surface area contributed by atoms with Crippen LogP contribution in [-0.2, 0) is 11.2 Å². The predicted octanol–water partition coefficient (Wildman–Crippen LogP) is 3.20. The van der Waals surface area contributed by atoms with Gasteiger partial charge < -0.3 is 10.0 Å². The summed E-state index contributed by atoms with van der Waals surface area (Å²) in [6.45, 7) is 6.39. The molecule has 1 aliphatic heterocycles. The lowest BCUT2D eigenvalue weighted by Gasteiger charge is -2.35. The molecule has 18 heavy (non-hydrogen) atoms. The molecule has 1 heterocycles. The molecule has 0 saturated heterocycles. The molecule has 1 unspecified atom stereocenters. The first-order valence-corrected chi connectivity index (χ1v) is 6.54. The Labute approximate surface area is 112 Å². The molecule has 1 aliphatic rings. The summed E-state index contributed by atoms with van der Waals surface area (Å²) >= 11 is 6.21. The van der Waals surface area contributed by atoms with Crippen molar-refractivity contribution in [3.63, 3.8) is 0 Å². The lowest BCUT2D eigenvalue weighted by molar-refractivity contribution is -0.148. The fourth-order valence-electron chi connectivity index (χ4n) is 2.67. The first kappa shape index (κ1) is 13.2. The molecule has 1 aromatic rings. The number of halogens is 1. The van der Waals surface area contributed by atoms with Gasteiger partial charge in [0.05, 0.1) is 5.41 Å². The van der Waals surface area contributed by atoms with Gasteiger partial charge in [0, 0.05) is 23.3 Å². The number of fused-ring (bicyclic) bond motifs is 1. The van der Waals surface area contributed by atoms with Crippen molar-refractivity contribution in [3.05, 3.63) is 28.8 Å². The Balaban J connectivity index is 2.45. The number of benzene rings is 1. The molecule has 0 saturated carbocycles. The van der Waals surface area contributed by atoms with Crippen LogP contribution in [0.4, 0.5) is 5.69 Å². The molecule has 1 atom stereocenters. The quantitative estimate of drug-likeness (QED) is 0.914. The summed E-state index contributed by atoms with van der Waals surface area (Å²) < 4.78 is 0. The molecule has 3 nitrogen and oxygen atoms in total. The zero-order valence-corrected chi connectivity index (χ0v) is 11.7. The number of carbonyl (C=O) groups is 1. The second-order valence-electron chi connectivity index (χ2n) is 5.27. The summed E-state index contributed by atoms with van der Waals surface area (Å²) in [6.07, 6.45) is 0.697. The molecule has 2 rings (SSSR count). The van der Waals surface area contributed by atoms with Crippen LogP contribution in [0.2, 0.25) is 5.02 Å². The van der Waals surface area contributed by atoms with Crippen molar-refractivity contribution in [3.8, 4) is 0 Å². The molecular weight excluding hydrogens is 250 g/mol. The number of hydrogen-bond acceptors (Lipinski definition) is 2. The molecule has 0 spiro atoms. The van der Waals surface area contributed by atoms with E-state index in [4.69, 9.17) is 11.6 Å². The molecular formula is C14H18ClNO2. The zero-order valence-electron chi connectivity index (χ0n) is 10.9. The maximum atomic E-state index is 11.4. The van der Waals surface area contributed by atoms with Crippen molar-refractivity contribution in [1.82, 2.24) is 0 Å². The second kappa shape index (κ2) is 4.47. The van der Waals surface area contributed by atoms with Crippen LogP contribution in [0.25, 0.3) is 0 Å². The van der Waals surface area contributed by atoms with Crippen molar-refractivity contribution in [1.29, 1.82) is 0 Å². The number of nitrogens with zero attached hydrogens (tertiary/aromatic N) is 1. The average Bonchev–Trinajstić information content (AvgIpc) is 2.69. The van der Waals surface area contributed by atoms with E-state index in [1.165, 1.54) is 0 Å². The molecule has 0 fully saturated rings. The third-order valence-electron chi connectivity index (χ3n) is 3.90. The van der Waals surface area contributed by atoms with Crippen LogP contribution in [0, 0.1) is 5.41 Å². The van der Waals surface area contributed by atoms with Crippen LogP contribution in [-0.4, -0.2) is 23.7 Å². The van der Waals surface area contributed by atoms with Gasteiger partial charge >= 0.3 is 5.97 Å². The van der Waals surface area contributed by atoms with Gasteiger partial charge in [0.2, 0.25) is 0 Å². The van der Waals surface area contributed by atoms with Gasteiger partial charge in [-0.05, 0) is 44.9 Å². The van der Waals surface area contributed by atoms with Gasteiger partial charge in [-0.15, -0.1) is 0 Å².